The molecule has 0 fully saturated rings. The van der Waals surface area contributed by atoms with Crippen molar-refractivity contribution in [3.63, 3.8) is 0 Å². The van der Waals surface area contributed by atoms with E-state index < -0.39 is 11.0 Å². The molecule has 6 heteroatoms. The molecule has 0 saturated carbocycles. The van der Waals surface area contributed by atoms with E-state index in [1.54, 1.807) is 37.3 Å². The minimum Gasteiger partial charge on any atom is -0.372 e. The minimum atomic E-state index is -0.573. The Bertz CT molecular complexity index is 604. The van der Waals surface area contributed by atoms with Crippen molar-refractivity contribution >= 4 is 11.5 Å². The highest BCUT2D eigenvalue weighted by Gasteiger charge is 2.17. The molecule has 98 valence electrons. The number of anilines is 1. The lowest BCUT2D eigenvalue weighted by Gasteiger charge is -2.15. The summed E-state index contributed by atoms with van der Waals surface area (Å²) in [6, 6.07) is 9.03. The summed E-state index contributed by atoms with van der Waals surface area (Å²) in [5.41, 5.74) is 0.712. The van der Waals surface area contributed by atoms with Crippen molar-refractivity contribution in [2.45, 2.75) is 13.0 Å². The zero-order valence-electron chi connectivity index (χ0n) is 10.2. The first-order valence-corrected chi connectivity index (χ1v) is 5.70. The fourth-order valence-electron chi connectivity index (χ4n) is 1.79. The van der Waals surface area contributed by atoms with Crippen LogP contribution in [0.3, 0.4) is 0 Å². The highest BCUT2D eigenvalue weighted by atomic mass is 19.1. The maximum absolute atomic E-state index is 13.6. The Hall–Kier alpha value is -2.50. The molecule has 0 bridgehead atoms. The highest BCUT2D eigenvalue weighted by Crippen LogP contribution is 2.26. The molecule has 0 saturated heterocycles. The van der Waals surface area contributed by atoms with Gasteiger partial charge in [0.25, 0.3) is 0 Å². The molecule has 1 unspecified atom stereocenters. The number of hydrogen-bond acceptors (Lipinski definition) is 4. The van der Waals surface area contributed by atoms with Crippen molar-refractivity contribution in [3.8, 4) is 0 Å². The molecule has 0 radical (unpaired) electrons. The van der Waals surface area contributed by atoms with E-state index in [0.29, 0.717) is 5.56 Å². The molecule has 19 heavy (non-hydrogen) atoms. The fourth-order valence-corrected chi connectivity index (χ4v) is 1.79. The van der Waals surface area contributed by atoms with Gasteiger partial charge in [0.2, 0.25) is 0 Å². The van der Waals surface area contributed by atoms with Gasteiger partial charge >= 0.3 is 5.82 Å². The number of nitrogens with one attached hydrogen (secondary N) is 1. The number of nitrogens with zero attached hydrogens (tertiary/aromatic N) is 2. The number of benzene rings is 1. The monoisotopic (exact) mass is 261 g/mol. The molecule has 0 aliphatic rings. The van der Waals surface area contributed by atoms with Crippen LogP contribution >= 0.6 is 0 Å². The van der Waals surface area contributed by atoms with Crippen LogP contribution in [0.2, 0.25) is 0 Å². The summed E-state index contributed by atoms with van der Waals surface area (Å²) in [6.07, 6.45) is 1.34. The summed E-state index contributed by atoms with van der Waals surface area (Å²) < 4.78 is 13.6. The van der Waals surface area contributed by atoms with Crippen molar-refractivity contribution < 1.29 is 9.31 Å². The molecular formula is C13H12FN3O2. The van der Waals surface area contributed by atoms with E-state index >= 15 is 0 Å². The van der Waals surface area contributed by atoms with Crippen LogP contribution < -0.4 is 5.32 Å². The lowest BCUT2D eigenvalue weighted by Crippen LogP contribution is -2.10. The predicted octanol–water partition coefficient (Wildman–Crippen LogP) is 3.30. The number of hydrogen-bond donors (Lipinski definition) is 1. The molecule has 1 N–H and O–H groups in total. The second kappa shape index (κ2) is 5.43. The van der Waals surface area contributed by atoms with Gasteiger partial charge in [-0.15, -0.1) is 0 Å². The third-order valence-electron chi connectivity index (χ3n) is 2.70. The molecule has 5 nitrogen and oxygen atoms in total. The quantitative estimate of drug-likeness (QED) is 0.677. The van der Waals surface area contributed by atoms with Gasteiger partial charge in [-0.3, -0.25) is 0 Å². The average molecular weight is 261 g/mol. The van der Waals surface area contributed by atoms with Crippen molar-refractivity contribution in [1.82, 2.24) is 4.98 Å². The van der Waals surface area contributed by atoms with Gasteiger partial charge in [-0.05, 0) is 35.0 Å². The van der Waals surface area contributed by atoms with Crippen molar-refractivity contribution in [2.24, 2.45) is 0 Å². The van der Waals surface area contributed by atoms with E-state index in [1.807, 2.05) is 0 Å². The Morgan fingerprint density at radius 1 is 1.32 bits per heavy atom. The van der Waals surface area contributed by atoms with Crippen LogP contribution in [0.1, 0.15) is 18.5 Å². The van der Waals surface area contributed by atoms with Gasteiger partial charge in [0.05, 0.1) is 6.04 Å². The first kappa shape index (κ1) is 12.9. The first-order chi connectivity index (χ1) is 9.09. The van der Waals surface area contributed by atoms with Gasteiger partial charge < -0.3 is 15.4 Å². The molecule has 2 aromatic rings. The summed E-state index contributed by atoms with van der Waals surface area (Å²) in [7, 11) is 0. The maximum atomic E-state index is 13.6. The molecule has 0 amide bonds. The third kappa shape index (κ3) is 2.85. The zero-order chi connectivity index (χ0) is 13.8. The summed E-state index contributed by atoms with van der Waals surface area (Å²) in [5.74, 6) is -0.625. The van der Waals surface area contributed by atoms with Gasteiger partial charge in [-0.1, -0.05) is 18.2 Å². The Morgan fingerprint density at radius 2 is 2.05 bits per heavy atom. The minimum absolute atomic E-state index is 0.267. The molecule has 0 aliphatic heterocycles. The normalized spacial score (nSPS) is 11.9. The largest absolute Gasteiger partial charge is 0.386 e. The van der Waals surface area contributed by atoms with Crippen molar-refractivity contribution in [2.75, 3.05) is 5.32 Å². The number of halogens is 1. The van der Waals surface area contributed by atoms with E-state index in [2.05, 4.69) is 10.3 Å². The topological polar surface area (TPSA) is 68.1 Å². The lowest BCUT2D eigenvalue weighted by molar-refractivity contribution is -0.388. The number of rotatable bonds is 4. The summed E-state index contributed by atoms with van der Waals surface area (Å²) in [6.45, 7) is 1.73. The van der Waals surface area contributed by atoms with E-state index in [1.165, 1.54) is 12.3 Å². The molecule has 0 spiro atoms. The second-order valence-electron chi connectivity index (χ2n) is 4.02. The molecule has 1 aromatic carbocycles. The van der Waals surface area contributed by atoms with Crippen molar-refractivity contribution in [1.29, 1.82) is 0 Å². The average Bonchev–Trinajstić information content (AvgIpc) is 2.39. The number of aromatic nitrogens is 1. The Labute approximate surface area is 109 Å². The van der Waals surface area contributed by atoms with E-state index in [0.717, 1.165) is 0 Å². The maximum Gasteiger partial charge on any atom is 0.386 e. The van der Waals surface area contributed by atoms with E-state index in [-0.39, 0.29) is 17.3 Å². The van der Waals surface area contributed by atoms with Crippen LogP contribution in [-0.2, 0) is 0 Å². The standard InChI is InChI=1S/C13H12FN3O2/c1-9(10-5-2-3-6-11(10)14)16-12-7-4-8-15-13(12)17(18)19/h2-9,16H,1H3. The van der Waals surface area contributed by atoms with Gasteiger partial charge in [0.15, 0.2) is 0 Å². The molecule has 2 rings (SSSR count). The van der Waals surface area contributed by atoms with Crippen LogP contribution in [0.4, 0.5) is 15.9 Å². The second-order valence-corrected chi connectivity index (χ2v) is 4.02. The van der Waals surface area contributed by atoms with Crippen LogP contribution in [0.15, 0.2) is 42.6 Å². The smallest absolute Gasteiger partial charge is 0.372 e. The number of pyridine rings is 1. The molecular weight excluding hydrogens is 249 g/mol. The molecule has 1 aromatic heterocycles. The Kier molecular flexibility index (Phi) is 3.70. The number of nitro groups is 1. The lowest BCUT2D eigenvalue weighted by atomic mass is 10.1. The first-order valence-electron chi connectivity index (χ1n) is 5.70. The summed E-state index contributed by atoms with van der Waals surface area (Å²) in [4.78, 5) is 14.0. The molecule has 1 heterocycles. The SMILES string of the molecule is CC(Nc1cccnc1[N+](=O)[O-])c1ccccc1F. The van der Waals surface area contributed by atoms with Crippen molar-refractivity contribution in [3.05, 3.63) is 64.1 Å². The van der Waals surface area contributed by atoms with Gasteiger partial charge in [-0.25, -0.2) is 4.39 Å². The third-order valence-corrected chi connectivity index (χ3v) is 2.70. The molecule has 0 aliphatic carbocycles. The summed E-state index contributed by atoms with van der Waals surface area (Å²) >= 11 is 0. The summed E-state index contributed by atoms with van der Waals surface area (Å²) in [5, 5.41) is 13.7. The zero-order valence-corrected chi connectivity index (χ0v) is 10.2. The van der Waals surface area contributed by atoms with Crippen LogP contribution in [0, 0.1) is 15.9 Å². The highest BCUT2D eigenvalue weighted by molar-refractivity contribution is 5.57. The fraction of sp³-hybridized carbons (Fsp3) is 0.154. The van der Waals surface area contributed by atoms with Crippen LogP contribution in [-0.4, -0.2) is 9.91 Å². The van der Waals surface area contributed by atoms with E-state index in [9.17, 15) is 14.5 Å². The van der Waals surface area contributed by atoms with Gasteiger partial charge in [0.1, 0.15) is 17.7 Å². The van der Waals surface area contributed by atoms with E-state index in [4.69, 9.17) is 0 Å². The van der Waals surface area contributed by atoms with Gasteiger partial charge in [-0.2, -0.15) is 0 Å². The Morgan fingerprint density at radius 3 is 2.74 bits per heavy atom. The Balaban J connectivity index is 2.27. The van der Waals surface area contributed by atoms with Crippen LogP contribution in [0.25, 0.3) is 0 Å². The predicted molar refractivity (Wildman–Crippen MR) is 69.3 cm³/mol. The molecule has 1 atom stereocenters. The van der Waals surface area contributed by atoms with Gasteiger partial charge in [0, 0.05) is 5.56 Å². The van der Waals surface area contributed by atoms with Crippen LogP contribution in [0.5, 0.6) is 0 Å².